The molecule has 0 unspecified atom stereocenters. The van der Waals surface area contributed by atoms with Crippen molar-refractivity contribution in [3.05, 3.63) is 71.0 Å². The van der Waals surface area contributed by atoms with E-state index in [1.807, 2.05) is 20.8 Å². The van der Waals surface area contributed by atoms with Crippen LogP contribution in [0.2, 0.25) is 0 Å². The van der Waals surface area contributed by atoms with Gasteiger partial charge in [0.25, 0.3) is 11.8 Å². The Hall–Kier alpha value is -3.26. The second kappa shape index (κ2) is 16.2. The maximum Gasteiger partial charge on any atom is 0.253 e. The minimum Gasteiger partial charge on any atom is -0.356 e. The molecule has 2 aromatic carbocycles. The molecule has 0 aliphatic heterocycles. The molecule has 1 fully saturated rings. The lowest BCUT2D eigenvalue weighted by Crippen LogP contribution is -2.50. The molecule has 3 rings (SSSR count). The molecule has 0 aromatic heterocycles. The molecular formula is C33H47FN4O3. The minimum atomic E-state index is -0.552. The second-order valence-electron chi connectivity index (χ2n) is 11.5. The van der Waals surface area contributed by atoms with Crippen LogP contribution >= 0.6 is 0 Å². The second-order valence-corrected chi connectivity index (χ2v) is 11.5. The van der Waals surface area contributed by atoms with Gasteiger partial charge in [-0.3, -0.25) is 14.4 Å². The van der Waals surface area contributed by atoms with E-state index in [-0.39, 0.29) is 29.5 Å². The molecule has 4 N–H and O–H groups in total. The summed E-state index contributed by atoms with van der Waals surface area (Å²) in [4.78, 5) is 41.2. The maximum atomic E-state index is 14.0. The Morgan fingerprint density at radius 3 is 2.32 bits per heavy atom. The lowest BCUT2D eigenvalue weighted by atomic mass is 9.91. The van der Waals surface area contributed by atoms with E-state index in [0.717, 1.165) is 25.7 Å². The number of carbonyl (C=O) groups excluding carboxylic acids is 3. The number of nitrogens with two attached hydrogens (primary N) is 1. The summed E-state index contributed by atoms with van der Waals surface area (Å²) in [5, 5.41) is 6.09. The van der Waals surface area contributed by atoms with E-state index in [9.17, 15) is 18.8 Å². The lowest BCUT2D eigenvalue weighted by molar-refractivity contribution is -0.125. The number of nitrogens with one attached hydrogen (secondary N) is 2. The maximum absolute atomic E-state index is 14.0. The fourth-order valence-corrected chi connectivity index (χ4v) is 5.62. The van der Waals surface area contributed by atoms with Crippen LogP contribution in [0.15, 0.2) is 48.5 Å². The predicted octanol–water partition coefficient (Wildman–Crippen LogP) is 5.09. The van der Waals surface area contributed by atoms with Crippen molar-refractivity contribution in [1.29, 1.82) is 0 Å². The van der Waals surface area contributed by atoms with Crippen molar-refractivity contribution < 1.29 is 18.8 Å². The van der Waals surface area contributed by atoms with E-state index < -0.39 is 12.1 Å². The molecule has 224 valence electrons. The zero-order valence-electron chi connectivity index (χ0n) is 24.8. The summed E-state index contributed by atoms with van der Waals surface area (Å²) in [5.41, 5.74) is 8.13. The van der Waals surface area contributed by atoms with Crippen molar-refractivity contribution in [2.75, 3.05) is 19.6 Å². The van der Waals surface area contributed by atoms with E-state index in [0.29, 0.717) is 55.1 Å². The molecule has 1 aliphatic rings. The average Bonchev–Trinajstić information content (AvgIpc) is 3.49. The van der Waals surface area contributed by atoms with Gasteiger partial charge in [-0.1, -0.05) is 51.8 Å². The molecule has 3 atom stereocenters. The Morgan fingerprint density at radius 2 is 1.66 bits per heavy atom. The van der Waals surface area contributed by atoms with Gasteiger partial charge in [-0.05, 0) is 80.3 Å². The lowest BCUT2D eigenvalue weighted by Gasteiger charge is -2.28. The molecule has 0 saturated heterocycles. The molecule has 1 saturated carbocycles. The fraction of sp³-hybridized carbons (Fsp3) is 0.545. The molecule has 0 spiro atoms. The van der Waals surface area contributed by atoms with Crippen LogP contribution in [0.3, 0.4) is 0 Å². The SMILES string of the molecule is CCCN(CCC)C(=O)c1cccc(C(=O)N[C@@H](Cc2cccc(F)c2)[C@@H](N)C[C@@H](C)C(=O)NCC2CCCC2)c1. The van der Waals surface area contributed by atoms with Crippen molar-refractivity contribution >= 4 is 17.7 Å². The Kier molecular flexibility index (Phi) is 12.8. The van der Waals surface area contributed by atoms with Gasteiger partial charge >= 0.3 is 0 Å². The monoisotopic (exact) mass is 566 g/mol. The van der Waals surface area contributed by atoms with E-state index in [1.54, 1.807) is 41.3 Å². The highest BCUT2D eigenvalue weighted by Crippen LogP contribution is 2.24. The number of carbonyl (C=O) groups is 3. The largest absolute Gasteiger partial charge is 0.356 e. The van der Waals surface area contributed by atoms with Crippen LogP contribution in [0.4, 0.5) is 4.39 Å². The van der Waals surface area contributed by atoms with E-state index in [1.165, 1.54) is 25.0 Å². The Bertz CT molecular complexity index is 1140. The van der Waals surface area contributed by atoms with Gasteiger partial charge in [0.1, 0.15) is 5.82 Å². The smallest absolute Gasteiger partial charge is 0.253 e. The van der Waals surface area contributed by atoms with E-state index in [2.05, 4.69) is 10.6 Å². The van der Waals surface area contributed by atoms with Crippen LogP contribution in [0.25, 0.3) is 0 Å². The summed E-state index contributed by atoms with van der Waals surface area (Å²) in [6.45, 7) is 7.90. The van der Waals surface area contributed by atoms with Gasteiger partial charge in [-0.2, -0.15) is 0 Å². The predicted molar refractivity (Wildman–Crippen MR) is 161 cm³/mol. The molecule has 0 heterocycles. The summed E-state index contributed by atoms with van der Waals surface area (Å²) in [7, 11) is 0. The average molecular weight is 567 g/mol. The van der Waals surface area contributed by atoms with Crippen LogP contribution in [-0.2, 0) is 11.2 Å². The number of amides is 3. The van der Waals surface area contributed by atoms with Crippen molar-refractivity contribution in [2.45, 2.75) is 84.2 Å². The zero-order valence-corrected chi connectivity index (χ0v) is 24.8. The summed E-state index contributed by atoms with van der Waals surface area (Å²) in [6, 6.07) is 11.8. The molecule has 1 aliphatic carbocycles. The third kappa shape index (κ3) is 9.95. The molecule has 41 heavy (non-hydrogen) atoms. The molecule has 3 amide bonds. The third-order valence-electron chi connectivity index (χ3n) is 7.94. The highest BCUT2D eigenvalue weighted by Gasteiger charge is 2.27. The number of benzene rings is 2. The first-order valence-electron chi connectivity index (χ1n) is 15.2. The Labute approximate surface area is 244 Å². The Morgan fingerprint density at radius 1 is 1.00 bits per heavy atom. The quantitative estimate of drug-likeness (QED) is 0.279. The highest BCUT2D eigenvalue weighted by atomic mass is 19.1. The van der Waals surface area contributed by atoms with E-state index >= 15 is 0 Å². The van der Waals surface area contributed by atoms with Crippen molar-refractivity contribution in [3.8, 4) is 0 Å². The van der Waals surface area contributed by atoms with E-state index in [4.69, 9.17) is 5.73 Å². The summed E-state index contributed by atoms with van der Waals surface area (Å²) >= 11 is 0. The number of hydrogen-bond donors (Lipinski definition) is 3. The topological polar surface area (TPSA) is 105 Å². The third-order valence-corrected chi connectivity index (χ3v) is 7.94. The standard InChI is InChI=1S/C33H47FN4O3/c1-4-16-38(17-5-2)33(41)27-14-9-13-26(21-27)32(40)37-30(20-25-12-8-15-28(34)19-25)29(35)18-23(3)31(39)36-22-24-10-6-7-11-24/h8-9,12-15,19,21,23-24,29-30H,4-7,10-11,16-18,20,22,35H2,1-3H3,(H,36,39)(H,37,40)/t23-,29+,30+/m1/s1. The zero-order chi connectivity index (χ0) is 29.8. The van der Waals surface area contributed by atoms with Gasteiger partial charge in [-0.25, -0.2) is 4.39 Å². The first-order valence-corrected chi connectivity index (χ1v) is 15.2. The van der Waals surface area contributed by atoms with Gasteiger partial charge in [0.05, 0.1) is 0 Å². The number of halogens is 1. The molecular weight excluding hydrogens is 519 g/mol. The Balaban J connectivity index is 1.72. The summed E-state index contributed by atoms with van der Waals surface area (Å²) < 4.78 is 14.0. The van der Waals surface area contributed by atoms with Gasteiger partial charge in [0.15, 0.2) is 0 Å². The van der Waals surface area contributed by atoms with Crippen LogP contribution in [0, 0.1) is 17.7 Å². The molecule has 2 aromatic rings. The van der Waals surface area contributed by atoms with Gasteiger partial charge in [0, 0.05) is 48.8 Å². The fourth-order valence-electron chi connectivity index (χ4n) is 5.62. The number of nitrogens with zero attached hydrogens (tertiary/aromatic N) is 1. The first-order chi connectivity index (χ1) is 19.7. The van der Waals surface area contributed by atoms with Crippen molar-refractivity contribution in [3.63, 3.8) is 0 Å². The molecule has 0 radical (unpaired) electrons. The molecule has 8 heteroatoms. The van der Waals surface area contributed by atoms with Crippen LogP contribution < -0.4 is 16.4 Å². The van der Waals surface area contributed by atoms with Crippen molar-refractivity contribution in [1.82, 2.24) is 15.5 Å². The summed E-state index contributed by atoms with van der Waals surface area (Å²) in [5.74, 6) is -0.684. The molecule has 7 nitrogen and oxygen atoms in total. The van der Waals surface area contributed by atoms with Crippen LogP contribution in [0.5, 0.6) is 0 Å². The first kappa shape index (κ1) is 32.3. The van der Waals surface area contributed by atoms with Crippen LogP contribution in [0.1, 0.15) is 92.0 Å². The van der Waals surface area contributed by atoms with Crippen molar-refractivity contribution in [2.24, 2.45) is 17.6 Å². The highest BCUT2D eigenvalue weighted by molar-refractivity contribution is 5.99. The molecule has 0 bridgehead atoms. The van der Waals surface area contributed by atoms with Crippen LogP contribution in [-0.4, -0.2) is 54.3 Å². The van der Waals surface area contributed by atoms with Gasteiger partial charge in [0.2, 0.25) is 5.91 Å². The number of hydrogen-bond acceptors (Lipinski definition) is 4. The summed E-state index contributed by atoms with van der Waals surface area (Å²) in [6.07, 6.45) is 7.10. The number of rotatable bonds is 15. The normalized spacial score (nSPS) is 15.6. The minimum absolute atomic E-state index is 0.0434. The van der Waals surface area contributed by atoms with Gasteiger partial charge < -0.3 is 21.3 Å². The van der Waals surface area contributed by atoms with Gasteiger partial charge in [-0.15, -0.1) is 0 Å².